The highest BCUT2D eigenvalue weighted by atomic mass is 16.3. The summed E-state index contributed by atoms with van der Waals surface area (Å²) in [5.41, 5.74) is 3.54. The Kier molecular flexibility index (Phi) is 3.64. The van der Waals surface area contributed by atoms with E-state index in [2.05, 4.69) is 27.4 Å². The quantitative estimate of drug-likeness (QED) is 0.736. The van der Waals surface area contributed by atoms with Crippen LogP contribution in [0.3, 0.4) is 0 Å². The number of nitrogens with one attached hydrogen (secondary N) is 2. The molecule has 29 heavy (non-hydrogen) atoms. The molecule has 0 spiro atoms. The predicted octanol–water partition coefficient (Wildman–Crippen LogP) is 1.77. The minimum Gasteiger partial charge on any atom is -0.395 e. The summed E-state index contributed by atoms with van der Waals surface area (Å²) in [6, 6.07) is 0.145. The number of aromatic nitrogens is 3. The predicted molar refractivity (Wildman–Crippen MR) is 108 cm³/mol. The fraction of sp³-hybridized carbons (Fsp3) is 0.591. The van der Waals surface area contributed by atoms with Crippen molar-refractivity contribution in [2.24, 2.45) is 23.2 Å². The smallest absolute Gasteiger partial charge is 0.326 e. The van der Waals surface area contributed by atoms with Crippen LogP contribution in [0.25, 0.3) is 17.1 Å². The normalized spacial score (nSPS) is 34.1. The number of hydrogen-bond donors (Lipinski definition) is 3. The van der Waals surface area contributed by atoms with E-state index in [0.717, 1.165) is 60.8 Å². The van der Waals surface area contributed by atoms with E-state index < -0.39 is 0 Å². The maximum Gasteiger partial charge on any atom is 0.326 e. The number of allylic oxidation sites excluding steroid dienone is 1. The Labute approximate surface area is 168 Å². The lowest BCUT2D eigenvalue weighted by molar-refractivity contribution is -0.151. The topological polar surface area (TPSA) is 100 Å². The molecule has 4 fully saturated rings. The minimum absolute atomic E-state index is 0.0296. The first kappa shape index (κ1) is 17.4. The number of aliphatic hydroxyl groups is 1. The van der Waals surface area contributed by atoms with Gasteiger partial charge in [-0.3, -0.25) is 14.3 Å². The molecule has 5 aliphatic rings. The first-order valence-electron chi connectivity index (χ1n) is 10.8. The number of hydrogen-bond acceptors (Lipinski definition) is 4. The Bertz CT molecular complexity index is 1080. The third-order valence-corrected chi connectivity index (χ3v) is 7.87. The SMILES string of the molecule is O=C(NCCO)C12CC3CC(C1)C(n1c(=O)[nH]c4cnc5c(c41)C=CC5)C(C3)C2. The van der Waals surface area contributed by atoms with Gasteiger partial charge in [0.05, 0.1) is 34.9 Å². The van der Waals surface area contributed by atoms with Gasteiger partial charge in [-0.1, -0.05) is 12.2 Å². The number of aromatic amines is 1. The van der Waals surface area contributed by atoms with Crippen LogP contribution in [0.2, 0.25) is 0 Å². The Morgan fingerprint density at radius 2 is 2.10 bits per heavy atom. The molecule has 3 N–H and O–H groups in total. The number of fused-ring (bicyclic) bond motifs is 3. The van der Waals surface area contributed by atoms with Gasteiger partial charge in [0.1, 0.15) is 0 Å². The van der Waals surface area contributed by atoms with E-state index >= 15 is 0 Å². The number of amides is 1. The highest BCUT2D eigenvalue weighted by molar-refractivity contribution is 5.87. The Hall–Kier alpha value is -2.41. The maximum atomic E-state index is 13.1. The number of carbonyl (C=O) groups is 1. The molecule has 0 aromatic carbocycles. The average Bonchev–Trinajstić information content (AvgIpc) is 3.29. The van der Waals surface area contributed by atoms with Gasteiger partial charge in [0, 0.05) is 24.6 Å². The lowest BCUT2D eigenvalue weighted by atomic mass is 9.47. The van der Waals surface area contributed by atoms with Crippen LogP contribution in [-0.4, -0.2) is 38.7 Å². The van der Waals surface area contributed by atoms with Gasteiger partial charge in [0.2, 0.25) is 5.91 Å². The van der Waals surface area contributed by atoms with Gasteiger partial charge in [-0.2, -0.15) is 0 Å². The summed E-state index contributed by atoms with van der Waals surface area (Å²) in [5.74, 6) is 1.35. The number of pyridine rings is 1. The van der Waals surface area contributed by atoms with Crippen molar-refractivity contribution >= 4 is 23.0 Å². The van der Waals surface area contributed by atoms with Crippen molar-refractivity contribution in [1.29, 1.82) is 0 Å². The van der Waals surface area contributed by atoms with Crippen LogP contribution in [0, 0.1) is 23.2 Å². The first-order valence-corrected chi connectivity index (χ1v) is 10.8. The van der Waals surface area contributed by atoms with E-state index in [9.17, 15) is 9.59 Å². The number of aliphatic hydroxyl groups excluding tert-OH is 1. The van der Waals surface area contributed by atoms with E-state index in [-0.39, 0.29) is 29.7 Å². The molecule has 152 valence electrons. The van der Waals surface area contributed by atoms with Crippen molar-refractivity contribution in [3.63, 3.8) is 0 Å². The molecular weight excluding hydrogens is 368 g/mol. The monoisotopic (exact) mass is 394 g/mol. The molecular formula is C22H26N4O3. The third-order valence-electron chi connectivity index (χ3n) is 7.87. The highest BCUT2D eigenvalue weighted by Gasteiger charge is 2.59. The van der Waals surface area contributed by atoms with Crippen molar-refractivity contribution < 1.29 is 9.90 Å². The van der Waals surface area contributed by atoms with E-state index in [4.69, 9.17) is 5.11 Å². The first-order chi connectivity index (χ1) is 14.1. The van der Waals surface area contributed by atoms with Crippen LogP contribution in [0.1, 0.15) is 49.4 Å². The van der Waals surface area contributed by atoms with Gasteiger partial charge in [0.25, 0.3) is 0 Å². The summed E-state index contributed by atoms with van der Waals surface area (Å²) in [6.45, 7) is 0.287. The lowest BCUT2D eigenvalue weighted by Crippen LogP contribution is -2.57. The molecule has 7 rings (SSSR count). The van der Waals surface area contributed by atoms with E-state index in [1.165, 1.54) is 0 Å². The fourth-order valence-electron chi connectivity index (χ4n) is 7.15. The second-order valence-electron chi connectivity index (χ2n) is 9.51. The molecule has 0 saturated heterocycles. The largest absolute Gasteiger partial charge is 0.395 e. The summed E-state index contributed by atoms with van der Waals surface area (Å²) in [7, 11) is 0. The van der Waals surface area contributed by atoms with Crippen molar-refractivity contribution in [3.8, 4) is 0 Å². The number of nitrogens with zero attached hydrogens (tertiary/aromatic N) is 2. The number of imidazole rings is 1. The minimum atomic E-state index is -0.318. The fourth-order valence-corrected chi connectivity index (χ4v) is 7.15. The summed E-state index contributed by atoms with van der Waals surface area (Å²) >= 11 is 0. The van der Waals surface area contributed by atoms with E-state index in [0.29, 0.717) is 24.3 Å². The van der Waals surface area contributed by atoms with Crippen LogP contribution in [0.5, 0.6) is 0 Å². The zero-order valence-corrected chi connectivity index (χ0v) is 16.4. The van der Waals surface area contributed by atoms with Gasteiger partial charge in [-0.15, -0.1) is 0 Å². The molecule has 2 heterocycles. The number of rotatable bonds is 4. The maximum absolute atomic E-state index is 13.1. The Morgan fingerprint density at radius 3 is 2.86 bits per heavy atom. The zero-order valence-electron chi connectivity index (χ0n) is 16.4. The number of H-pyrrole nitrogens is 1. The molecule has 7 heteroatoms. The lowest BCUT2D eigenvalue weighted by Gasteiger charge is -2.59. The van der Waals surface area contributed by atoms with Crippen molar-refractivity contribution in [3.05, 3.63) is 34.0 Å². The summed E-state index contributed by atoms with van der Waals surface area (Å²) in [5, 5.41) is 12.0. The second kappa shape index (κ2) is 6.05. The van der Waals surface area contributed by atoms with Crippen LogP contribution in [0.15, 0.2) is 17.1 Å². The molecule has 2 atom stereocenters. The molecule has 5 aliphatic carbocycles. The molecule has 2 unspecified atom stereocenters. The van der Waals surface area contributed by atoms with Crippen molar-refractivity contribution in [2.75, 3.05) is 13.2 Å². The molecule has 4 bridgehead atoms. The Balaban J connectivity index is 1.43. The van der Waals surface area contributed by atoms with Crippen LogP contribution in [0.4, 0.5) is 0 Å². The standard InChI is InChI=1S/C22H26N4O3/c27-5-4-23-20(28)22-8-12-6-13(9-22)18(14(7-12)10-22)26-19-15-2-1-3-16(15)24-11-17(19)25-21(26)29/h1-2,11-14,18,27H,3-10H2,(H,23,28)(H,25,29). The molecule has 2 aromatic rings. The van der Waals surface area contributed by atoms with Crippen LogP contribution >= 0.6 is 0 Å². The van der Waals surface area contributed by atoms with Gasteiger partial charge in [-0.05, 0) is 49.9 Å². The average molecular weight is 394 g/mol. The van der Waals surface area contributed by atoms with Crippen molar-refractivity contribution in [1.82, 2.24) is 19.9 Å². The van der Waals surface area contributed by atoms with Crippen LogP contribution < -0.4 is 11.0 Å². The van der Waals surface area contributed by atoms with E-state index in [1.54, 1.807) is 6.20 Å². The van der Waals surface area contributed by atoms with Gasteiger partial charge >= 0.3 is 5.69 Å². The van der Waals surface area contributed by atoms with Gasteiger partial charge in [-0.25, -0.2) is 4.79 Å². The number of carbonyl (C=O) groups excluding carboxylic acids is 1. The molecule has 2 aromatic heterocycles. The van der Waals surface area contributed by atoms with Gasteiger partial charge < -0.3 is 15.4 Å². The third kappa shape index (κ3) is 2.37. The molecule has 0 aliphatic heterocycles. The van der Waals surface area contributed by atoms with Crippen molar-refractivity contribution in [2.45, 2.75) is 44.6 Å². The Morgan fingerprint density at radius 1 is 1.31 bits per heavy atom. The zero-order chi connectivity index (χ0) is 19.8. The molecule has 1 amide bonds. The molecule has 4 saturated carbocycles. The molecule has 0 radical (unpaired) electrons. The summed E-state index contributed by atoms with van der Waals surface area (Å²) in [6.07, 6.45) is 11.6. The second-order valence-corrected chi connectivity index (χ2v) is 9.51. The molecule has 7 nitrogen and oxygen atoms in total. The summed E-state index contributed by atoms with van der Waals surface area (Å²) < 4.78 is 2.01. The summed E-state index contributed by atoms with van der Waals surface area (Å²) in [4.78, 5) is 33.6. The van der Waals surface area contributed by atoms with E-state index in [1.807, 2.05) is 4.57 Å². The van der Waals surface area contributed by atoms with Gasteiger partial charge in [0.15, 0.2) is 0 Å². The highest BCUT2D eigenvalue weighted by Crippen LogP contribution is 2.63. The van der Waals surface area contributed by atoms with Crippen LogP contribution in [-0.2, 0) is 11.2 Å².